The van der Waals surface area contributed by atoms with E-state index in [1.54, 1.807) is 7.11 Å². The maximum Gasteiger partial charge on any atom is 0.241 e. The lowest BCUT2D eigenvalue weighted by molar-refractivity contribution is 0.380. The summed E-state index contributed by atoms with van der Waals surface area (Å²) < 4.78 is 7.44. The Bertz CT molecular complexity index is 903. The summed E-state index contributed by atoms with van der Waals surface area (Å²) in [5.41, 5.74) is 9.52. The molecule has 0 radical (unpaired) electrons. The molecule has 3 N–H and O–H groups in total. The van der Waals surface area contributed by atoms with Crippen molar-refractivity contribution in [3.8, 4) is 5.75 Å². The van der Waals surface area contributed by atoms with Crippen LogP contribution in [0.15, 0.2) is 48.5 Å². The average molecular weight is 349 g/mol. The van der Waals surface area contributed by atoms with E-state index in [9.17, 15) is 0 Å². The van der Waals surface area contributed by atoms with Crippen LogP contribution in [0, 0.1) is 0 Å². The van der Waals surface area contributed by atoms with Crippen LogP contribution >= 0.6 is 0 Å². The second-order valence-electron chi connectivity index (χ2n) is 6.52. The van der Waals surface area contributed by atoms with Crippen LogP contribution in [0.1, 0.15) is 42.1 Å². The molecule has 0 aliphatic carbocycles. The molecule has 2 aromatic carbocycles. The zero-order valence-electron chi connectivity index (χ0n) is 15.0. The van der Waals surface area contributed by atoms with Crippen LogP contribution in [-0.4, -0.2) is 21.9 Å². The molecule has 1 aromatic heterocycles. The number of nitrogens with two attached hydrogens (primary N) is 1. The molecule has 26 heavy (non-hydrogen) atoms. The first-order chi connectivity index (χ1) is 12.7. The largest absolute Gasteiger partial charge is 0.496 e. The van der Waals surface area contributed by atoms with Gasteiger partial charge in [0, 0.05) is 5.56 Å². The molecule has 1 aliphatic rings. The molecule has 0 fully saturated rings. The van der Waals surface area contributed by atoms with Gasteiger partial charge in [0.05, 0.1) is 19.2 Å². The molecule has 3 aromatic rings. The van der Waals surface area contributed by atoms with Crippen molar-refractivity contribution in [1.82, 2.24) is 14.8 Å². The summed E-state index contributed by atoms with van der Waals surface area (Å²) in [6.07, 6.45) is 1.87. The Hall–Kier alpha value is -3.02. The molecule has 0 unspecified atom stereocenters. The molecule has 2 atom stereocenters. The van der Waals surface area contributed by atoms with E-state index in [1.165, 1.54) is 11.1 Å². The van der Waals surface area contributed by atoms with Gasteiger partial charge in [0.15, 0.2) is 0 Å². The number of ether oxygens (including phenoxy) is 1. The Morgan fingerprint density at radius 3 is 2.69 bits per heavy atom. The van der Waals surface area contributed by atoms with Crippen molar-refractivity contribution in [2.45, 2.75) is 31.8 Å². The first-order valence-corrected chi connectivity index (χ1v) is 8.90. The second-order valence-corrected chi connectivity index (χ2v) is 6.52. The minimum absolute atomic E-state index is 0.00283. The van der Waals surface area contributed by atoms with Crippen LogP contribution in [0.2, 0.25) is 0 Å². The number of nitrogens with zero attached hydrogens (tertiary/aromatic N) is 3. The Balaban J connectivity index is 1.75. The van der Waals surface area contributed by atoms with Gasteiger partial charge in [-0.2, -0.15) is 4.98 Å². The van der Waals surface area contributed by atoms with E-state index in [0.29, 0.717) is 5.95 Å². The maximum atomic E-state index is 5.88. The highest BCUT2D eigenvalue weighted by Crippen LogP contribution is 2.40. The molecule has 1 aliphatic heterocycles. The van der Waals surface area contributed by atoms with E-state index in [1.807, 2.05) is 22.9 Å². The van der Waals surface area contributed by atoms with Gasteiger partial charge in [0.2, 0.25) is 11.9 Å². The Morgan fingerprint density at radius 2 is 1.96 bits per heavy atom. The summed E-state index contributed by atoms with van der Waals surface area (Å²) in [5, 5.41) is 7.88. The monoisotopic (exact) mass is 349 g/mol. The Kier molecular flexibility index (Phi) is 4.24. The maximum absolute atomic E-state index is 5.88. The topological polar surface area (TPSA) is 78.0 Å². The van der Waals surface area contributed by atoms with Crippen molar-refractivity contribution in [3.05, 3.63) is 65.2 Å². The van der Waals surface area contributed by atoms with Crippen molar-refractivity contribution in [1.29, 1.82) is 0 Å². The molecule has 0 saturated carbocycles. The summed E-state index contributed by atoms with van der Waals surface area (Å²) in [7, 11) is 1.69. The van der Waals surface area contributed by atoms with E-state index < -0.39 is 0 Å². The number of fused-ring (bicyclic) bond motifs is 1. The minimum atomic E-state index is 0.00283. The Morgan fingerprint density at radius 1 is 1.19 bits per heavy atom. The molecule has 4 rings (SSSR count). The first-order valence-electron chi connectivity index (χ1n) is 8.90. The number of nitrogens with one attached hydrogen (secondary N) is 1. The number of benzene rings is 2. The molecule has 0 amide bonds. The number of hydrogen-bond acceptors (Lipinski definition) is 5. The molecular weight excluding hydrogens is 326 g/mol. The van der Waals surface area contributed by atoms with Gasteiger partial charge in [-0.25, -0.2) is 4.68 Å². The number of nitrogen functional groups attached to an aromatic ring is 1. The number of anilines is 2. The molecule has 0 saturated heterocycles. The van der Waals surface area contributed by atoms with Crippen LogP contribution in [0.3, 0.4) is 0 Å². The quantitative estimate of drug-likeness (QED) is 0.753. The smallest absolute Gasteiger partial charge is 0.241 e. The molecule has 134 valence electrons. The first kappa shape index (κ1) is 16.4. The summed E-state index contributed by atoms with van der Waals surface area (Å²) in [6, 6.07) is 16.9. The van der Waals surface area contributed by atoms with Crippen LogP contribution in [-0.2, 0) is 6.42 Å². The lowest BCUT2D eigenvalue weighted by Gasteiger charge is -2.32. The van der Waals surface area contributed by atoms with Gasteiger partial charge in [-0.1, -0.05) is 49.4 Å². The molecular formula is C20H23N5O. The van der Waals surface area contributed by atoms with Crippen molar-refractivity contribution in [2.24, 2.45) is 0 Å². The summed E-state index contributed by atoms with van der Waals surface area (Å²) in [6.45, 7) is 2.16. The summed E-state index contributed by atoms with van der Waals surface area (Å²) in [4.78, 5) is 4.37. The number of para-hydroxylation sites is 1. The van der Waals surface area contributed by atoms with Gasteiger partial charge in [0.1, 0.15) is 5.75 Å². The predicted octanol–water partition coefficient (Wildman–Crippen LogP) is 3.58. The fraction of sp³-hybridized carbons (Fsp3) is 0.300. The number of rotatable bonds is 4. The third-order valence-corrected chi connectivity index (χ3v) is 4.99. The lowest BCUT2D eigenvalue weighted by atomic mass is 9.92. The van der Waals surface area contributed by atoms with Gasteiger partial charge in [-0.15, -0.1) is 5.10 Å². The van der Waals surface area contributed by atoms with Gasteiger partial charge in [-0.05, 0) is 30.0 Å². The Labute approximate surface area is 153 Å². The zero-order chi connectivity index (χ0) is 18.1. The van der Waals surface area contributed by atoms with Crippen LogP contribution in [0.25, 0.3) is 0 Å². The SMILES string of the molecule is CCc1ccc([C@@H]2C[C@@H](c3ccccc3OC)n3nc(N)nc3N2)cc1. The van der Waals surface area contributed by atoms with Crippen LogP contribution in [0.4, 0.5) is 11.9 Å². The fourth-order valence-corrected chi connectivity index (χ4v) is 3.60. The standard InChI is InChI=1S/C20H23N5O/c1-3-13-8-10-14(11-9-13)16-12-17(15-6-4-5-7-18(15)26-2)25-20(22-16)23-19(21)24-25/h4-11,16-17H,3,12H2,1-2H3,(H3,21,22,23,24)/t16-,17-/m0/s1. The molecule has 2 heterocycles. The normalized spacial score (nSPS) is 18.8. The highest BCUT2D eigenvalue weighted by molar-refractivity contribution is 5.45. The molecule has 0 spiro atoms. The third-order valence-electron chi connectivity index (χ3n) is 4.99. The number of aryl methyl sites for hydroxylation is 1. The molecule has 0 bridgehead atoms. The minimum Gasteiger partial charge on any atom is -0.496 e. The number of hydrogen-bond donors (Lipinski definition) is 2. The van der Waals surface area contributed by atoms with E-state index >= 15 is 0 Å². The average Bonchev–Trinajstić information content (AvgIpc) is 3.07. The van der Waals surface area contributed by atoms with Crippen molar-refractivity contribution < 1.29 is 4.74 Å². The van der Waals surface area contributed by atoms with Crippen LogP contribution in [0.5, 0.6) is 5.75 Å². The molecule has 6 heteroatoms. The van der Waals surface area contributed by atoms with Gasteiger partial charge in [0.25, 0.3) is 0 Å². The zero-order valence-corrected chi connectivity index (χ0v) is 15.0. The van der Waals surface area contributed by atoms with Crippen LogP contribution < -0.4 is 15.8 Å². The fourth-order valence-electron chi connectivity index (χ4n) is 3.60. The van der Waals surface area contributed by atoms with Gasteiger partial charge >= 0.3 is 0 Å². The highest BCUT2D eigenvalue weighted by Gasteiger charge is 2.32. The summed E-state index contributed by atoms with van der Waals surface area (Å²) >= 11 is 0. The number of methoxy groups -OCH3 is 1. The van der Waals surface area contributed by atoms with Gasteiger partial charge < -0.3 is 15.8 Å². The van der Waals surface area contributed by atoms with Crippen molar-refractivity contribution >= 4 is 11.9 Å². The van der Waals surface area contributed by atoms with E-state index in [4.69, 9.17) is 10.5 Å². The van der Waals surface area contributed by atoms with E-state index in [2.05, 4.69) is 52.7 Å². The molecule has 6 nitrogen and oxygen atoms in total. The van der Waals surface area contributed by atoms with Crippen molar-refractivity contribution in [2.75, 3.05) is 18.2 Å². The lowest BCUT2D eigenvalue weighted by Crippen LogP contribution is -2.28. The number of aromatic nitrogens is 3. The third kappa shape index (κ3) is 2.87. The summed E-state index contributed by atoms with van der Waals surface area (Å²) in [5.74, 6) is 1.81. The van der Waals surface area contributed by atoms with E-state index in [0.717, 1.165) is 24.2 Å². The van der Waals surface area contributed by atoms with Gasteiger partial charge in [-0.3, -0.25) is 0 Å². The second kappa shape index (κ2) is 6.71. The highest BCUT2D eigenvalue weighted by atomic mass is 16.5. The van der Waals surface area contributed by atoms with Crippen molar-refractivity contribution in [3.63, 3.8) is 0 Å². The van der Waals surface area contributed by atoms with E-state index in [-0.39, 0.29) is 18.0 Å². The predicted molar refractivity (Wildman–Crippen MR) is 102 cm³/mol.